The number of carbonyl (C=O) groups excluding carboxylic acids is 1. The molecule has 0 bridgehead atoms. The number of hydrogen-bond acceptors (Lipinski definition) is 2. The minimum absolute atomic E-state index is 0.213. The molecular formula is C24H21NO2. The molecule has 3 aromatic carbocycles. The minimum atomic E-state index is 0.213. The minimum Gasteiger partial charge on any atom is -0.489 e. The second-order valence-electron chi connectivity index (χ2n) is 7.32. The van der Waals surface area contributed by atoms with Crippen molar-refractivity contribution in [2.75, 3.05) is 4.90 Å². The van der Waals surface area contributed by atoms with Crippen LogP contribution in [0.4, 0.5) is 5.69 Å². The largest absolute Gasteiger partial charge is 0.489 e. The van der Waals surface area contributed by atoms with Crippen molar-refractivity contribution in [3.8, 4) is 5.75 Å². The highest BCUT2D eigenvalue weighted by atomic mass is 16.5. The lowest BCUT2D eigenvalue weighted by atomic mass is 9.89. The molecule has 3 aromatic rings. The van der Waals surface area contributed by atoms with Crippen LogP contribution in [0.2, 0.25) is 0 Å². The number of ether oxygens (including phenoxy) is 1. The Bertz CT molecular complexity index is 982. The molecule has 0 aromatic heterocycles. The Morgan fingerprint density at radius 1 is 0.889 bits per heavy atom. The maximum Gasteiger partial charge on any atom is 0.227 e. The molecule has 2 heterocycles. The molecule has 2 atom stereocenters. The van der Waals surface area contributed by atoms with Gasteiger partial charge in [0, 0.05) is 24.1 Å². The van der Waals surface area contributed by atoms with Crippen LogP contribution in [-0.2, 0) is 17.8 Å². The fraction of sp³-hybridized carbons (Fsp3) is 0.208. The molecule has 0 spiro atoms. The van der Waals surface area contributed by atoms with E-state index in [0.29, 0.717) is 13.0 Å². The zero-order valence-corrected chi connectivity index (χ0v) is 15.0. The smallest absolute Gasteiger partial charge is 0.227 e. The molecule has 134 valence electrons. The lowest BCUT2D eigenvalue weighted by molar-refractivity contribution is -0.117. The first-order chi connectivity index (χ1) is 13.3. The van der Waals surface area contributed by atoms with Gasteiger partial charge in [-0.15, -0.1) is 0 Å². The van der Waals surface area contributed by atoms with Crippen molar-refractivity contribution in [3.05, 3.63) is 95.6 Å². The van der Waals surface area contributed by atoms with Gasteiger partial charge in [0.15, 0.2) is 0 Å². The standard InChI is InChI=1S/C24H21NO2/c26-24-15-21(23-14-19-9-4-5-12-22(19)25(23)24)18-10-6-11-20(13-18)27-16-17-7-2-1-3-8-17/h1-13,21,23H,14-16H2/t21-,23+/m0/s1. The van der Waals surface area contributed by atoms with Crippen molar-refractivity contribution in [3.63, 3.8) is 0 Å². The summed E-state index contributed by atoms with van der Waals surface area (Å²) in [5, 5.41) is 0. The van der Waals surface area contributed by atoms with E-state index in [9.17, 15) is 4.79 Å². The third-order valence-electron chi connectivity index (χ3n) is 5.67. The van der Waals surface area contributed by atoms with Gasteiger partial charge in [-0.2, -0.15) is 0 Å². The number of hydrogen-bond donors (Lipinski definition) is 0. The monoisotopic (exact) mass is 355 g/mol. The number of rotatable bonds is 4. The van der Waals surface area contributed by atoms with Crippen molar-refractivity contribution in [2.24, 2.45) is 0 Å². The van der Waals surface area contributed by atoms with E-state index in [0.717, 1.165) is 23.4 Å². The van der Waals surface area contributed by atoms with Crippen LogP contribution in [0, 0.1) is 0 Å². The summed E-state index contributed by atoms with van der Waals surface area (Å²) in [6.07, 6.45) is 1.50. The fourth-order valence-corrected chi connectivity index (χ4v) is 4.39. The zero-order valence-electron chi connectivity index (χ0n) is 15.0. The summed E-state index contributed by atoms with van der Waals surface area (Å²) in [5.41, 5.74) is 4.70. The Labute approximate surface area is 159 Å². The molecule has 2 aliphatic heterocycles. The molecule has 5 rings (SSSR count). The number of benzene rings is 3. The number of para-hydroxylation sites is 1. The number of carbonyl (C=O) groups is 1. The summed E-state index contributed by atoms with van der Waals surface area (Å²) in [6.45, 7) is 0.550. The molecule has 1 saturated heterocycles. The first-order valence-corrected chi connectivity index (χ1v) is 9.46. The predicted octanol–water partition coefficient (Wildman–Crippen LogP) is 4.71. The van der Waals surface area contributed by atoms with Gasteiger partial charge in [-0.05, 0) is 41.3 Å². The highest BCUT2D eigenvalue weighted by molar-refractivity contribution is 5.99. The highest BCUT2D eigenvalue weighted by Crippen LogP contribution is 2.45. The fourth-order valence-electron chi connectivity index (χ4n) is 4.39. The van der Waals surface area contributed by atoms with Gasteiger partial charge < -0.3 is 9.64 Å². The summed E-state index contributed by atoms with van der Waals surface area (Å²) in [4.78, 5) is 14.7. The van der Waals surface area contributed by atoms with Crippen molar-refractivity contribution < 1.29 is 9.53 Å². The van der Waals surface area contributed by atoms with Crippen LogP contribution in [0.15, 0.2) is 78.9 Å². The van der Waals surface area contributed by atoms with Gasteiger partial charge in [-0.1, -0.05) is 60.7 Å². The van der Waals surface area contributed by atoms with Crippen LogP contribution < -0.4 is 9.64 Å². The lowest BCUT2D eigenvalue weighted by Gasteiger charge is -2.21. The van der Waals surface area contributed by atoms with Gasteiger partial charge in [-0.3, -0.25) is 4.79 Å². The average Bonchev–Trinajstić information content (AvgIpc) is 3.25. The molecule has 0 aliphatic carbocycles. The zero-order chi connectivity index (χ0) is 18.2. The summed E-state index contributed by atoms with van der Waals surface area (Å²) in [7, 11) is 0. The van der Waals surface area contributed by atoms with E-state index >= 15 is 0 Å². The third-order valence-corrected chi connectivity index (χ3v) is 5.67. The van der Waals surface area contributed by atoms with Crippen molar-refractivity contribution in [1.29, 1.82) is 0 Å². The van der Waals surface area contributed by atoms with Gasteiger partial charge in [0.25, 0.3) is 0 Å². The highest BCUT2D eigenvalue weighted by Gasteiger charge is 2.45. The van der Waals surface area contributed by atoms with E-state index in [2.05, 4.69) is 42.5 Å². The van der Waals surface area contributed by atoms with Crippen LogP contribution in [-0.4, -0.2) is 11.9 Å². The topological polar surface area (TPSA) is 29.5 Å². The van der Waals surface area contributed by atoms with Gasteiger partial charge >= 0.3 is 0 Å². The Hall–Kier alpha value is -3.07. The van der Waals surface area contributed by atoms with Crippen molar-refractivity contribution >= 4 is 11.6 Å². The summed E-state index contributed by atoms with van der Waals surface area (Å²) in [6, 6.07) is 26.9. The third kappa shape index (κ3) is 2.89. The van der Waals surface area contributed by atoms with E-state index in [1.165, 1.54) is 11.1 Å². The van der Waals surface area contributed by atoms with E-state index < -0.39 is 0 Å². The van der Waals surface area contributed by atoms with Crippen LogP contribution in [0.25, 0.3) is 0 Å². The van der Waals surface area contributed by atoms with Gasteiger partial charge in [-0.25, -0.2) is 0 Å². The molecule has 0 saturated carbocycles. The van der Waals surface area contributed by atoms with Gasteiger partial charge in [0.2, 0.25) is 5.91 Å². The van der Waals surface area contributed by atoms with E-state index in [1.807, 2.05) is 41.3 Å². The predicted molar refractivity (Wildman–Crippen MR) is 106 cm³/mol. The number of fused-ring (bicyclic) bond motifs is 3. The van der Waals surface area contributed by atoms with E-state index in [1.54, 1.807) is 0 Å². The molecule has 1 amide bonds. The SMILES string of the molecule is O=C1C[C@@H](c2cccc(OCc3ccccc3)c2)[C@H]2Cc3ccccc3N12. The summed E-state index contributed by atoms with van der Waals surface area (Å²) < 4.78 is 5.99. The molecule has 0 unspecified atom stereocenters. The molecule has 3 nitrogen and oxygen atoms in total. The molecular weight excluding hydrogens is 334 g/mol. The Kier molecular flexibility index (Phi) is 3.93. The van der Waals surface area contributed by atoms with Crippen molar-refractivity contribution in [1.82, 2.24) is 0 Å². The molecule has 27 heavy (non-hydrogen) atoms. The van der Waals surface area contributed by atoms with Crippen LogP contribution in [0.1, 0.15) is 29.0 Å². The van der Waals surface area contributed by atoms with Gasteiger partial charge in [0.1, 0.15) is 12.4 Å². The molecule has 1 fully saturated rings. The van der Waals surface area contributed by atoms with Crippen LogP contribution >= 0.6 is 0 Å². The molecule has 3 heteroatoms. The Morgan fingerprint density at radius 2 is 1.70 bits per heavy atom. The van der Waals surface area contributed by atoms with E-state index in [4.69, 9.17) is 4.74 Å². The number of nitrogens with zero attached hydrogens (tertiary/aromatic N) is 1. The number of amides is 1. The van der Waals surface area contributed by atoms with E-state index in [-0.39, 0.29) is 17.9 Å². The van der Waals surface area contributed by atoms with Crippen LogP contribution in [0.5, 0.6) is 5.75 Å². The second-order valence-corrected chi connectivity index (χ2v) is 7.32. The molecule has 0 radical (unpaired) electrons. The Morgan fingerprint density at radius 3 is 2.59 bits per heavy atom. The van der Waals surface area contributed by atoms with Crippen LogP contribution in [0.3, 0.4) is 0 Å². The maximum absolute atomic E-state index is 12.7. The first kappa shape index (κ1) is 16.1. The maximum atomic E-state index is 12.7. The number of anilines is 1. The normalized spacial score (nSPS) is 20.4. The van der Waals surface area contributed by atoms with Crippen molar-refractivity contribution in [2.45, 2.75) is 31.4 Å². The first-order valence-electron chi connectivity index (χ1n) is 9.46. The summed E-state index contributed by atoms with van der Waals surface area (Å²) >= 11 is 0. The lowest BCUT2D eigenvalue weighted by Crippen LogP contribution is -2.31. The Balaban J connectivity index is 1.37. The second kappa shape index (κ2) is 6.58. The summed E-state index contributed by atoms with van der Waals surface area (Å²) in [5.74, 6) is 1.30. The molecule has 2 aliphatic rings. The average molecular weight is 355 g/mol. The van der Waals surface area contributed by atoms with Gasteiger partial charge in [0.05, 0.1) is 0 Å². The molecule has 0 N–H and O–H groups in total. The quantitative estimate of drug-likeness (QED) is 0.678.